The Bertz CT molecular complexity index is 728. The molecule has 31 heavy (non-hydrogen) atoms. The van der Waals surface area contributed by atoms with Gasteiger partial charge in [0.2, 0.25) is 5.91 Å². The number of benzene rings is 1. The molecule has 0 spiro atoms. The van der Waals surface area contributed by atoms with E-state index in [0.717, 1.165) is 75.9 Å². The Balaban J connectivity index is 0.00000341. The summed E-state index contributed by atoms with van der Waals surface area (Å²) in [5.74, 6) is 2.04. The number of carbonyl (C=O) groups excluding carboxylic acids is 1. The van der Waals surface area contributed by atoms with Gasteiger partial charge in [-0.15, -0.1) is 24.0 Å². The molecule has 1 aromatic rings. The third kappa shape index (κ3) is 7.68. The second kappa shape index (κ2) is 13.6. The van der Waals surface area contributed by atoms with Crippen LogP contribution in [0.1, 0.15) is 25.3 Å². The Kier molecular flexibility index (Phi) is 11.1. The molecule has 1 aromatic carbocycles. The summed E-state index contributed by atoms with van der Waals surface area (Å²) < 4.78 is 5.75. The van der Waals surface area contributed by atoms with Crippen LogP contribution in [0.25, 0.3) is 0 Å². The Morgan fingerprint density at radius 2 is 1.84 bits per heavy atom. The standard InChI is InChI=1S/C23H35N5O2.HI/c1-3-17-30-21-10-6-5-9-20(21)18-25-23(24-4-2)28-15-13-26(14-16-28)19-22(29)27-11-7-8-12-27;/h3,5-6,9-10H,1,4,7-8,11-19H2,2H3,(H,24,25);1H. The molecule has 2 aliphatic heterocycles. The lowest BCUT2D eigenvalue weighted by Gasteiger charge is -2.36. The van der Waals surface area contributed by atoms with E-state index in [1.54, 1.807) is 6.08 Å². The fraction of sp³-hybridized carbons (Fsp3) is 0.565. The van der Waals surface area contributed by atoms with Gasteiger partial charge in [0.15, 0.2) is 5.96 Å². The minimum absolute atomic E-state index is 0. The van der Waals surface area contributed by atoms with Gasteiger partial charge in [0.1, 0.15) is 12.4 Å². The predicted octanol–water partition coefficient (Wildman–Crippen LogP) is 2.57. The van der Waals surface area contributed by atoms with Crippen molar-refractivity contribution < 1.29 is 9.53 Å². The van der Waals surface area contributed by atoms with E-state index in [1.807, 2.05) is 29.2 Å². The van der Waals surface area contributed by atoms with Crippen molar-refractivity contribution in [1.29, 1.82) is 0 Å². The highest BCUT2D eigenvalue weighted by Crippen LogP contribution is 2.19. The van der Waals surface area contributed by atoms with Crippen molar-refractivity contribution in [3.05, 3.63) is 42.5 Å². The van der Waals surface area contributed by atoms with Gasteiger partial charge in [-0.25, -0.2) is 4.99 Å². The summed E-state index contributed by atoms with van der Waals surface area (Å²) in [6.07, 6.45) is 4.03. The molecular weight excluding hydrogens is 505 g/mol. The van der Waals surface area contributed by atoms with Crippen molar-refractivity contribution in [3.8, 4) is 5.75 Å². The maximum atomic E-state index is 12.4. The van der Waals surface area contributed by atoms with E-state index in [0.29, 0.717) is 19.7 Å². The number of hydrogen-bond donors (Lipinski definition) is 1. The fourth-order valence-electron chi connectivity index (χ4n) is 3.89. The SMILES string of the molecule is C=CCOc1ccccc1CN=C(NCC)N1CCN(CC(=O)N2CCCC2)CC1.I. The first-order valence-electron chi connectivity index (χ1n) is 11.1. The Morgan fingerprint density at radius 1 is 1.13 bits per heavy atom. The smallest absolute Gasteiger partial charge is 0.236 e. The zero-order valence-electron chi connectivity index (χ0n) is 18.6. The van der Waals surface area contributed by atoms with Crippen LogP contribution in [0.3, 0.4) is 0 Å². The second-order valence-electron chi connectivity index (χ2n) is 7.73. The monoisotopic (exact) mass is 541 g/mol. The van der Waals surface area contributed by atoms with Gasteiger partial charge in [-0.05, 0) is 25.8 Å². The number of para-hydroxylation sites is 1. The van der Waals surface area contributed by atoms with Gasteiger partial charge >= 0.3 is 0 Å². The highest BCUT2D eigenvalue weighted by atomic mass is 127. The van der Waals surface area contributed by atoms with E-state index in [1.165, 1.54) is 0 Å². The van der Waals surface area contributed by atoms with Crippen molar-refractivity contribution in [3.63, 3.8) is 0 Å². The Morgan fingerprint density at radius 3 is 2.52 bits per heavy atom. The molecule has 172 valence electrons. The van der Waals surface area contributed by atoms with Gasteiger partial charge < -0.3 is 19.9 Å². The summed E-state index contributed by atoms with van der Waals surface area (Å²) >= 11 is 0. The first-order chi connectivity index (χ1) is 14.7. The number of guanidine groups is 1. The summed E-state index contributed by atoms with van der Waals surface area (Å²) in [6.45, 7) is 13.5. The van der Waals surface area contributed by atoms with Gasteiger partial charge in [0.25, 0.3) is 0 Å². The number of amides is 1. The molecule has 7 nitrogen and oxygen atoms in total. The van der Waals surface area contributed by atoms with E-state index >= 15 is 0 Å². The van der Waals surface area contributed by atoms with Gasteiger partial charge in [-0.3, -0.25) is 9.69 Å². The van der Waals surface area contributed by atoms with Crippen LogP contribution in [0.4, 0.5) is 0 Å². The van der Waals surface area contributed by atoms with E-state index in [9.17, 15) is 4.79 Å². The first-order valence-corrected chi connectivity index (χ1v) is 11.1. The van der Waals surface area contributed by atoms with Crippen LogP contribution in [0.15, 0.2) is 41.9 Å². The van der Waals surface area contributed by atoms with Gasteiger partial charge in [0.05, 0.1) is 13.1 Å². The maximum Gasteiger partial charge on any atom is 0.236 e. The van der Waals surface area contributed by atoms with Crippen molar-refractivity contribution in [2.24, 2.45) is 4.99 Å². The zero-order chi connectivity index (χ0) is 21.2. The van der Waals surface area contributed by atoms with Crippen LogP contribution < -0.4 is 10.1 Å². The third-order valence-electron chi connectivity index (χ3n) is 5.55. The summed E-state index contributed by atoms with van der Waals surface area (Å²) in [6, 6.07) is 8.00. The van der Waals surface area contributed by atoms with Gasteiger partial charge in [0, 0.05) is 51.4 Å². The minimum Gasteiger partial charge on any atom is -0.489 e. The molecule has 0 aliphatic carbocycles. The fourth-order valence-corrected chi connectivity index (χ4v) is 3.89. The number of nitrogens with zero attached hydrogens (tertiary/aromatic N) is 4. The molecule has 3 rings (SSSR count). The summed E-state index contributed by atoms with van der Waals surface area (Å²) in [5.41, 5.74) is 1.06. The number of aliphatic imine (C=N–C) groups is 1. The lowest BCUT2D eigenvalue weighted by atomic mass is 10.2. The van der Waals surface area contributed by atoms with Crippen molar-refractivity contribution in [2.45, 2.75) is 26.3 Å². The van der Waals surface area contributed by atoms with Crippen LogP contribution in [-0.4, -0.2) is 85.5 Å². The third-order valence-corrected chi connectivity index (χ3v) is 5.55. The van der Waals surface area contributed by atoms with Crippen LogP contribution in [0, 0.1) is 0 Å². The largest absolute Gasteiger partial charge is 0.489 e. The molecule has 0 saturated carbocycles. The van der Waals surface area contributed by atoms with Crippen molar-refractivity contribution in [1.82, 2.24) is 20.0 Å². The number of halogens is 1. The van der Waals surface area contributed by atoms with E-state index < -0.39 is 0 Å². The van der Waals surface area contributed by atoms with E-state index in [-0.39, 0.29) is 29.9 Å². The molecule has 0 bridgehead atoms. The van der Waals surface area contributed by atoms with Crippen LogP contribution >= 0.6 is 24.0 Å². The van der Waals surface area contributed by atoms with E-state index in [4.69, 9.17) is 9.73 Å². The molecule has 2 heterocycles. The average Bonchev–Trinajstić information content (AvgIpc) is 3.31. The molecule has 8 heteroatoms. The number of likely N-dealkylation sites (tertiary alicyclic amines) is 1. The predicted molar refractivity (Wildman–Crippen MR) is 136 cm³/mol. The highest BCUT2D eigenvalue weighted by Gasteiger charge is 2.24. The molecular formula is C23H36IN5O2. The van der Waals surface area contributed by atoms with Gasteiger partial charge in [-0.1, -0.05) is 30.9 Å². The molecule has 2 fully saturated rings. The number of ether oxygens (including phenoxy) is 1. The molecule has 0 atom stereocenters. The summed E-state index contributed by atoms with van der Waals surface area (Å²) in [7, 11) is 0. The van der Waals surface area contributed by atoms with Crippen LogP contribution in [0.2, 0.25) is 0 Å². The molecule has 2 saturated heterocycles. The lowest BCUT2D eigenvalue weighted by Crippen LogP contribution is -2.54. The van der Waals surface area contributed by atoms with Crippen molar-refractivity contribution >= 4 is 35.8 Å². The number of rotatable bonds is 8. The Hall–Kier alpha value is -1.81. The van der Waals surface area contributed by atoms with E-state index in [2.05, 4.69) is 28.6 Å². The Labute approximate surface area is 203 Å². The van der Waals surface area contributed by atoms with Crippen LogP contribution in [0.5, 0.6) is 5.75 Å². The van der Waals surface area contributed by atoms with Crippen LogP contribution in [-0.2, 0) is 11.3 Å². The number of piperazine rings is 1. The molecule has 2 aliphatic rings. The second-order valence-corrected chi connectivity index (χ2v) is 7.73. The molecule has 0 radical (unpaired) electrons. The molecule has 1 amide bonds. The quantitative estimate of drug-likeness (QED) is 0.237. The molecule has 0 aromatic heterocycles. The topological polar surface area (TPSA) is 60.4 Å². The molecule has 0 unspecified atom stereocenters. The summed E-state index contributed by atoms with van der Waals surface area (Å²) in [4.78, 5) is 23.8. The normalized spacial score (nSPS) is 17.3. The lowest BCUT2D eigenvalue weighted by molar-refractivity contribution is -0.131. The zero-order valence-corrected chi connectivity index (χ0v) is 20.9. The number of carbonyl (C=O) groups is 1. The van der Waals surface area contributed by atoms with Gasteiger partial charge in [-0.2, -0.15) is 0 Å². The maximum absolute atomic E-state index is 12.4. The first kappa shape index (κ1) is 25.5. The average molecular weight is 541 g/mol. The minimum atomic E-state index is 0. The number of hydrogen-bond acceptors (Lipinski definition) is 4. The van der Waals surface area contributed by atoms with Crippen molar-refractivity contribution in [2.75, 3.05) is 59.0 Å². The summed E-state index contributed by atoms with van der Waals surface area (Å²) in [5, 5.41) is 3.41. The molecule has 1 N–H and O–H groups in total. The number of nitrogens with one attached hydrogen (secondary N) is 1. The highest BCUT2D eigenvalue weighted by molar-refractivity contribution is 14.0.